The minimum Gasteiger partial charge on any atom is -0.352 e. The maximum atomic E-state index is 12.8. The van der Waals surface area contributed by atoms with Crippen LogP contribution >= 0.6 is 0 Å². The maximum Gasteiger partial charge on any atom is 0.416 e. The number of anilines is 1. The molecule has 0 aliphatic carbocycles. The summed E-state index contributed by atoms with van der Waals surface area (Å²) >= 11 is 0. The van der Waals surface area contributed by atoms with Gasteiger partial charge in [0.25, 0.3) is 0 Å². The zero-order chi connectivity index (χ0) is 17.9. The summed E-state index contributed by atoms with van der Waals surface area (Å²) in [6.45, 7) is 3.78. The number of likely N-dealkylation sites (tertiary alicyclic amines) is 1. The molecule has 0 unspecified atom stereocenters. The molecule has 2 rings (SSSR count). The van der Waals surface area contributed by atoms with Crippen molar-refractivity contribution in [3.05, 3.63) is 29.3 Å². The number of hydrogen-bond acceptors (Lipinski definition) is 2. The summed E-state index contributed by atoms with van der Waals surface area (Å²) in [5.74, 6) is -0.171. The highest BCUT2D eigenvalue weighted by atomic mass is 19.4. The van der Waals surface area contributed by atoms with Crippen LogP contribution in [0.5, 0.6) is 0 Å². The number of rotatable bonds is 2. The van der Waals surface area contributed by atoms with Gasteiger partial charge in [-0.1, -0.05) is 0 Å². The van der Waals surface area contributed by atoms with Crippen molar-refractivity contribution >= 4 is 17.6 Å². The molecule has 0 saturated carbocycles. The molecule has 0 radical (unpaired) electrons. The first-order chi connectivity index (χ1) is 11.1. The monoisotopic (exact) mass is 343 g/mol. The second-order valence-electron chi connectivity index (χ2n) is 6.00. The van der Waals surface area contributed by atoms with Gasteiger partial charge in [0.05, 0.1) is 5.56 Å². The Labute approximate surface area is 138 Å². The Bertz CT molecular complexity index is 631. The normalized spacial score (nSPS) is 18.2. The molecule has 1 atom stereocenters. The van der Waals surface area contributed by atoms with E-state index in [1.165, 1.54) is 17.9 Å². The molecule has 2 N–H and O–H groups in total. The zero-order valence-corrected chi connectivity index (χ0v) is 13.5. The average molecular weight is 343 g/mol. The van der Waals surface area contributed by atoms with Crippen LogP contribution in [-0.4, -0.2) is 36.0 Å². The van der Waals surface area contributed by atoms with Crippen LogP contribution in [0, 0.1) is 6.92 Å². The third-order valence-corrected chi connectivity index (χ3v) is 3.77. The van der Waals surface area contributed by atoms with Gasteiger partial charge in [0.1, 0.15) is 0 Å². The molecule has 0 bridgehead atoms. The van der Waals surface area contributed by atoms with Crippen LogP contribution in [-0.2, 0) is 11.0 Å². The van der Waals surface area contributed by atoms with Crippen LogP contribution in [0.3, 0.4) is 0 Å². The van der Waals surface area contributed by atoms with Gasteiger partial charge in [-0.3, -0.25) is 4.79 Å². The molecule has 0 aromatic heterocycles. The van der Waals surface area contributed by atoms with E-state index in [0.29, 0.717) is 18.7 Å². The minimum atomic E-state index is -4.47. The van der Waals surface area contributed by atoms with E-state index in [1.807, 2.05) is 0 Å². The lowest BCUT2D eigenvalue weighted by Crippen LogP contribution is -2.50. The molecule has 5 nitrogen and oxygen atoms in total. The molecule has 1 saturated heterocycles. The molecule has 3 amide bonds. The Kier molecular flexibility index (Phi) is 5.36. The average Bonchev–Trinajstić information content (AvgIpc) is 2.45. The fourth-order valence-corrected chi connectivity index (χ4v) is 2.79. The second-order valence-corrected chi connectivity index (χ2v) is 6.00. The largest absolute Gasteiger partial charge is 0.416 e. The Morgan fingerprint density at radius 3 is 2.58 bits per heavy atom. The predicted molar refractivity (Wildman–Crippen MR) is 83.6 cm³/mol. The van der Waals surface area contributed by atoms with Crippen LogP contribution < -0.4 is 10.6 Å². The van der Waals surface area contributed by atoms with Crippen LogP contribution in [0.1, 0.15) is 30.9 Å². The fraction of sp³-hybridized carbons (Fsp3) is 0.500. The van der Waals surface area contributed by atoms with Gasteiger partial charge < -0.3 is 15.5 Å². The van der Waals surface area contributed by atoms with E-state index in [4.69, 9.17) is 0 Å². The molecular weight excluding hydrogens is 323 g/mol. The van der Waals surface area contributed by atoms with Crippen LogP contribution in [0.4, 0.5) is 23.7 Å². The molecule has 8 heteroatoms. The van der Waals surface area contributed by atoms with E-state index in [1.54, 1.807) is 6.92 Å². The molecule has 132 valence electrons. The lowest BCUT2D eigenvalue weighted by atomic mass is 10.1. The number of halogens is 3. The van der Waals surface area contributed by atoms with E-state index >= 15 is 0 Å². The molecule has 1 aliphatic heterocycles. The first-order valence-corrected chi connectivity index (χ1v) is 7.67. The molecule has 1 fully saturated rings. The van der Waals surface area contributed by atoms with Crippen molar-refractivity contribution in [2.24, 2.45) is 0 Å². The number of nitrogens with zero attached hydrogens (tertiary/aromatic N) is 1. The van der Waals surface area contributed by atoms with Gasteiger partial charge in [-0.15, -0.1) is 0 Å². The molecule has 1 aromatic carbocycles. The smallest absolute Gasteiger partial charge is 0.352 e. The number of carbonyl (C=O) groups excluding carboxylic acids is 2. The summed E-state index contributed by atoms with van der Waals surface area (Å²) in [5.41, 5.74) is -0.281. The van der Waals surface area contributed by atoms with E-state index in [9.17, 15) is 22.8 Å². The molecule has 1 aliphatic rings. The summed E-state index contributed by atoms with van der Waals surface area (Å²) in [7, 11) is 0. The number of alkyl halides is 3. The lowest BCUT2D eigenvalue weighted by Gasteiger charge is -2.33. The minimum absolute atomic E-state index is 0.106. The number of piperidine rings is 1. The van der Waals surface area contributed by atoms with Crippen molar-refractivity contribution in [3.8, 4) is 0 Å². The van der Waals surface area contributed by atoms with Gasteiger partial charge in [0.15, 0.2) is 0 Å². The highest BCUT2D eigenvalue weighted by Crippen LogP contribution is 2.32. The molecular formula is C16H20F3N3O2. The Balaban J connectivity index is 2.06. The van der Waals surface area contributed by atoms with E-state index < -0.39 is 17.8 Å². The third kappa shape index (κ3) is 4.87. The highest BCUT2D eigenvalue weighted by Gasteiger charge is 2.31. The van der Waals surface area contributed by atoms with Gasteiger partial charge in [-0.25, -0.2) is 4.79 Å². The molecule has 1 aromatic rings. The van der Waals surface area contributed by atoms with Gasteiger partial charge >= 0.3 is 12.2 Å². The highest BCUT2D eigenvalue weighted by molar-refractivity contribution is 5.89. The number of amides is 3. The van der Waals surface area contributed by atoms with E-state index in [2.05, 4.69) is 10.6 Å². The predicted octanol–water partition coefficient (Wildman–Crippen LogP) is 3.15. The number of aryl methyl sites for hydroxylation is 1. The van der Waals surface area contributed by atoms with Gasteiger partial charge in [0, 0.05) is 31.7 Å². The number of benzene rings is 1. The Morgan fingerprint density at radius 1 is 1.25 bits per heavy atom. The van der Waals surface area contributed by atoms with Crippen molar-refractivity contribution in [2.75, 3.05) is 18.4 Å². The van der Waals surface area contributed by atoms with Crippen molar-refractivity contribution < 1.29 is 22.8 Å². The van der Waals surface area contributed by atoms with E-state index in [0.717, 1.165) is 25.0 Å². The summed E-state index contributed by atoms with van der Waals surface area (Å²) < 4.78 is 38.5. The molecule has 24 heavy (non-hydrogen) atoms. The summed E-state index contributed by atoms with van der Waals surface area (Å²) in [5, 5.41) is 5.27. The van der Waals surface area contributed by atoms with E-state index in [-0.39, 0.29) is 17.6 Å². The van der Waals surface area contributed by atoms with Gasteiger partial charge in [-0.05, 0) is 43.5 Å². The second kappa shape index (κ2) is 7.11. The maximum absolute atomic E-state index is 12.8. The first kappa shape index (κ1) is 18.1. The number of carbonyl (C=O) groups is 2. The van der Waals surface area contributed by atoms with Crippen molar-refractivity contribution in [2.45, 2.75) is 38.9 Å². The molecule has 1 heterocycles. The Hall–Kier alpha value is -2.25. The Morgan fingerprint density at radius 2 is 1.96 bits per heavy atom. The van der Waals surface area contributed by atoms with Gasteiger partial charge in [-0.2, -0.15) is 13.2 Å². The zero-order valence-electron chi connectivity index (χ0n) is 13.5. The van der Waals surface area contributed by atoms with Crippen molar-refractivity contribution in [3.63, 3.8) is 0 Å². The van der Waals surface area contributed by atoms with Crippen LogP contribution in [0.2, 0.25) is 0 Å². The van der Waals surface area contributed by atoms with Crippen molar-refractivity contribution in [1.29, 1.82) is 0 Å². The topological polar surface area (TPSA) is 61.4 Å². The van der Waals surface area contributed by atoms with Gasteiger partial charge in [0.2, 0.25) is 5.91 Å². The molecule has 0 spiro atoms. The number of nitrogens with one attached hydrogen (secondary N) is 2. The summed E-state index contributed by atoms with van der Waals surface area (Å²) in [6.07, 6.45) is -2.97. The summed E-state index contributed by atoms with van der Waals surface area (Å²) in [6, 6.07) is 2.83. The quantitative estimate of drug-likeness (QED) is 0.867. The lowest BCUT2D eigenvalue weighted by molar-refractivity contribution is -0.137. The third-order valence-electron chi connectivity index (χ3n) is 3.77. The summed E-state index contributed by atoms with van der Waals surface area (Å²) in [4.78, 5) is 24.9. The van der Waals surface area contributed by atoms with Crippen LogP contribution in [0.15, 0.2) is 18.2 Å². The number of urea groups is 1. The van der Waals surface area contributed by atoms with Crippen molar-refractivity contribution in [1.82, 2.24) is 10.2 Å². The number of hydrogen-bond donors (Lipinski definition) is 2. The first-order valence-electron chi connectivity index (χ1n) is 7.67. The fourth-order valence-electron chi connectivity index (χ4n) is 2.79. The SMILES string of the molecule is CC(=O)N[C@H]1CCCN(C(=O)Nc2cc(C)cc(C(F)(F)F)c2)C1. The van der Waals surface area contributed by atoms with Crippen LogP contribution in [0.25, 0.3) is 0 Å². The standard InChI is InChI=1S/C16H20F3N3O2/c1-10-6-12(16(17,18)19)8-14(7-10)21-15(24)22-5-3-4-13(9-22)20-11(2)23/h6-8,13H,3-5,9H2,1-2H3,(H,20,23)(H,21,24)/t13-/m0/s1.